The molecule has 32 heavy (non-hydrogen) atoms. The summed E-state index contributed by atoms with van der Waals surface area (Å²) in [5, 5.41) is 7.70. The standard InChI is InChI=1S/C25H28N2O4S/c1-15-8-9-20-19(11-15)16(14-31-20)12-22(28)27-25-23(18-6-2-3-7-21(18)32-25)24(29)26-13-17-5-4-10-30-17/h8-9,11,14,17H,2-7,10,12-13H2,1H3,(H,26,29)(H,27,28)/t17-/m1/s1. The molecule has 168 valence electrons. The summed E-state index contributed by atoms with van der Waals surface area (Å²) in [7, 11) is 0. The van der Waals surface area contributed by atoms with Gasteiger partial charge in [-0.1, -0.05) is 11.6 Å². The van der Waals surface area contributed by atoms with Crippen LogP contribution in [0.4, 0.5) is 5.00 Å². The molecule has 3 heterocycles. The summed E-state index contributed by atoms with van der Waals surface area (Å²) in [5.74, 6) is -0.249. The minimum absolute atomic E-state index is 0.0873. The van der Waals surface area contributed by atoms with E-state index in [9.17, 15) is 9.59 Å². The van der Waals surface area contributed by atoms with Crippen molar-refractivity contribution in [2.24, 2.45) is 0 Å². The van der Waals surface area contributed by atoms with Crippen molar-refractivity contribution >= 4 is 39.1 Å². The van der Waals surface area contributed by atoms with Gasteiger partial charge in [0.1, 0.15) is 10.6 Å². The molecule has 1 aliphatic carbocycles. The van der Waals surface area contributed by atoms with Crippen LogP contribution in [0.5, 0.6) is 0 Å². The third kappa shape index (κ3) is 4.32. The predicted molar refractivity (Wildman–Crippen MR) is 126 cm³/mol. The first-order valence-corrected chi connectivity index (χ1v) is 12.2. The van der Waals surface area contributed by atoms with E-state index in [2.05, 4.69) is 10.6 Å². The molecule has 2 aromatic heterocycles. The molecule has 0 saturated carbocycles. The smallest absolute Gasteiger partial charge is 0.254 e. The van der Waals surface area contributed by atoms with Gasteiger partial charge >= 0.3 is 0 Å². The summed E-state index contributed by atoms with van der Waals surface area (Å²) in [5.41, 5.74) is 4.50. The summed E-state index contributed by atoms with van der Waals surface area (Å²) in [4.78, 5) is 27.3. The first-order valence-electron chi connectivity index (χ1n) is 11.4. The minimum atomic E-state index is -0.138. The maximum absolute atomic E-state index is 13.1. The van der Waals surface area contributed by atoms with E-state index in [1.165, 1.54) is 4.88 Å². The van der Waals surface area contributed by atoms with E-state index >= 15 is 0 Å². The number of furan rings is 1. The molecule has 2 amide bonds. The fraction of sp³-hybridized carbons (Fsp3) is 0.440. The Labute approximate surface area is 191 Å². The number of amides is 2. The zero-order chi connectivity index (χ0) is 22.1. The normalized spacial score (nSPS) is 18.0. The highest BCUT2D eigenvalue weighted by Crippen LogP contribution is 2.38. The van der Waals surface area contributed by atoms with Gasteiger partial charge in [0.15, 0.2) is 0 Å². The lowest BCUT2D eigenvalue weighted by molar-refractivity contribution is -0.115. The Morgan fingerprint density at radius 2 is 2.06 bits per heavy atom. The maximum atomic E-state index is 13.1. The fourth-order valence-corrected chi connectivity index (χ4v) is 5.97. The van der Waals surface area contributed by atoms with E-state index in [1.54, 1.807) is 17.6 Å². The van der Waals surface area contributed by atoms with Crippen molar-refractivity contribution in [2.45, 2.75) is 58.0 Å². The largest absolute Gasteiger partial charge is 0.464 e. The van der Waals surface area contributed by atoms with Crippen LogP contribution in [0.3, 0.4) is 0 Å². The van der Waals surface area contributed by atoms with Gasteiger partial charge in [-0.15, -0.1) is 11.3 Å². The van der Waals surface area contributed by atoms with E-state index in [0.29, 0.717) is 17.1 Å². The van der Waals surface area contributed by atoms with Gasteiger partial charge in [-0.3, -0.25) is 9.59 Å². The number of anilines is 1. The second kappa shape index (κ2) is 9.08. The number of ether oxygens (including phenoxy) is 1. The molecule has 1 atom stereocenters. The number of fused-ring (bicyclic) bond motifs is 2. The molecule has 0 bridgehead atoms. The lowest BCUT2D eigenvalue weighted by atomic mass is 9.95. The third-order valence-electron chi connectivity index (χ3n) is 6.33. The summed E-state index contributed by atoms with van der Waals surface area (Å²) in [6.45, 7) is 3.29. The van der Waals surface area contributed by atoms with Crippen molar-refractivity contribution in [3.05, 3.63) is 51.6 Å². The Hall–Kier alpha value is -2.64. The maximum Gasteiger partial charge on any atom is 0.254 e. The van der Waals surface area contributed by atoms with E-state index in [4.69, 9.17) is 9.15 Å². The molecule has 5 rings (SSSR count). The second-order valence-corrected chi connectivity index (χ2v) is 9.85. The lowest BCUT2D eigenvalue weighted by Gasteiger charge is -2.15. The zero-order valence-corrected chi connectivity index (χ0v) is 19.1. The number of carbonyl (C=O) groups is 2. The van der Waals surface area contributed by atoms with Gasteiger partial charge < -0.3 is 19.8 Å². The van der Waals surface area contributed by atoms with Gasteiger partial charge in [0.25, 0.3) is 5.91 Å². The third-order valence-corrected chi connectivity index (χ3v) is 7.53. The fourth-order valence-electron chi connectivity index (χ4n) is 4.67. The Balaban J connectivity index is 1.35. The first kappa shape index (κ1) is 21.2. The van der Waals surface area contributed by atoms with E-state index < -0.39 is 0 Å². The molecule has 1 aliphatic heterocycles. The first-order chi connectivity index (χ1) is 15.6. The number of aryl methyl sites for hydroxylation is 2. The number of benzene rings is 1. The van der Waals surface area contributed by atoms with Gasteiger partial charge in [-0.2, -0.15) is 0 Å². The number of carbonyl (C=O) groups excluding carboxylic acids is 2. The molecule has 0 unspecified atom stereocenters. The highest BCUT2D eigenvalue weighted by atomic mass is 32.1. The average Bonchev–Trinajstić information content (AvgIpc) is 3.51. The Kier molecular flexibility index (Phi) is 6.02. The summed E-state index contributed by atoms with van der Waals surface area (Å²) in [6, 6.07) is 5.96. The van der Waals surface area contributed by atoms with Crippen molar-refractivity contribution in [1.29, 1.82) is 0 Å². The summed E-state index contributed by atoms with van der Waals surface area (Å²) >= 11 is 1.55. The monoisotopic (exact) mass is 452 g/mol. The van der Waals surface area contributed by atoms with Gasteiger partial charge in [0.05, 0.1) is 24.4 Å². The Bertz CT molecular complexity index is 1160. The van der Waals surface area contributed by atoms with Crippen LogP contribution in [0.2, 0.25) is 0 Å². The van der Waals surface area contributed by atoms with Gasteiger partial charge in [-0.25, -0.2) is 0 Å². The molecule has 2 N–H and O–H groups in total. The topological polar surface area (TPSA) is 80.6 Å². The van der Waals surface area contributed by atoms with Crippen LogP contribution in [0, 0.1) is 6.92 Å². The number of hydrogen-bond acceptors (Lipinski definition) is 5. The van der Waals surface area contributed by atoms with E-state index in [0.717, 1.165) is 72.8 Å². The molecule has 0 radical (unpaired) electrons. The molecular weight excluding hydrogens is 424 g/mol. The highest BCUT2D eigenvalue weighted by Gasteiger charge is 2.27. The molecular formula is C25H28N2O4S. The Morgan fingerprint density at radius 3 is 2.91 bits per heavy atom. The van der Waals surface area contributed by atoms with Crippen molar-refractivity contribution in [3.8, 4) is 0 Å². The number of thiophene rings is 1. The number of hydrogen-bond donors (Lipinski definition) is 2. The molecule has 6 nitrogen and oxygen atoms in total. The minimum Gasteiger partial charge on any atom is -0.464 e. The predicted octanol–water partition coefficient (Wildman–Crippen LogP) is 4.77. The van der Waals surface area contributed by atoms with Crippen LogP contribution in [-0.4, -0.2) is 31.1 Å². The SMILES string of the molecule is Cc1ccc2occ(CC(=O)Nc3sc4c(c3C(=O)NC[C@H]3CCCO3)CCCC4)c2c1. The van der Waals surface area contributed by atoms with E-state index in [1.807, 2.05) is 25.1 Å². The van der Waals surface area contributed by atoms with E-state index in [-0.39, 0.29) is 24.3 Å². The van der Waals surface area contributed by atoms with Crippen LogP contribution >= 0.6 is 11.3 Å². The van der Waals surface area contributed by atoms with Crippen molar-refractivity contribution in [1.82, 2.24) is 5.32 Å². The van der Waals surface area contributed by atoms with Crippen LogP contribution < -0.4 is 10.6 Å². The van der Waals surface area contributed by atoms with Crippen LogP contribution in [0.1, 0.15) is 57.6 Å². The summed E-state index contributed by atoms with van der Waals surface area (Å²) in [6.07, 6.45) is 8.01. The molecule has 1 aromatic carbocycles. The van der Waals surface area contributed by atoms with Gasteiger partial charge in [0, 0.05) is 29.0 Å². The molecule has 3 aromatic rings. The second-order valence-electron chi connectivity index (χ2n) is 8.75. The zero-order valence-electron chi connectivity index (χ0n) is 18.3. The van der Waals surface area contributed by atoms with Crippen LogP contribution in [0.25, 0.3) is 11.0 Å². The Morgan fingerprint density at radius 1 is 1.19 bits per heavy atom. The molecule has 1 fully saturated rings. The average molecular weight is 453 g/mol. The van der Waals surface area contributed by atoms with Gasteiger partial charge in [0.2, 0.25) is 5.91 Å². The quantitative estimate of drug-likeness (QED) is 0.564. The van der Waals surface area contributed by atoms with Crippen molar-refractivity contribution in [3.63, 3.8) is 0 Å². The lowest BCUT2D eigenvalue weighted by Crippen LogP contribution is -2.32. The molecule has 7 heteroatoms. The molecule has 0 spiro atoms. The van der Waals surface area contributed by atoms with Crippen molar-refractivity contribution in [2.75, 3.05) is 18.5 Å². The molecule has 1 saturated heterocycles. The number of nitrogens with one attached hydrogen (secondary N) is 2. The van der Waals surface area contributed by atoms with Crippen LogP contribution in [0.15, 0.2) is 28.9 Å². The van der Waals surface area contributed by atoms with Crippen molar-refractivity contribution < 1.29 is 18.7 Å². The molecule has 2 aliphatic rings. The summed E-state index contributed by atoms with van der Waals surface area (Å²) < 4.78 is 11.3. The number of rotatable bonds is 6. The van der Waals surface area contributed by atoms with Crippen LogP contribution in [-0.2, 0) is 28.8 Å². The highest BCUT2D eigenvalue weighted by molar-refractivity contribution is 7.17. The van der Waals surface area contributed by atoms with Gasteiger partial charge in [-0.05, 0) is 63.1 Å².